The van der Waals surface area contributed by atoms with Crippen molar-refractivity contribution in [3.05, 3.63) is 58.6 Å². The number of carbonyl (C=O) groups is 1. The van der Waals surface area contributed by atoms with E-state index in [1.807, 2.05) is 13.0 Å². The molecule has 2 aromatic carbocycles. The topological polar surface area (TPSA) is 59.9 Å². The van der Waals surface area contributed by atoms with Crippen LogP contribution in [0, 0.1) is 0 Å². The Bertz CT molecular complexity index is 699. The first-order valence-electron chi connectivity index (χ1n) is 7.04. The van der Waals surface area contributed by atoms with Crippen molar-refractivity contribution < 1.29 is 14.3 Å². The molecule has 120 valence electrons. The minimum absolute atomic E-state index is 0.309. The minimum atomic E-state index is -0.309. The molecule has 2 rings (SSSR count). The lowest BCUT2D eigenvalue weighted by Crippen LogP contribution is -2.17. The monoisotopic (exact) mass is 332 g/mol. The van der Waals surface area contributed by atoms with Gasteiger partial charge in [-0.3, -0.25) is 4.79 Å². The van der Waals surface area contributed by atoms with Gasteiger partial charge < -0.3 is 9.47 Å². The van der Waals surface area contributed by atoms with E-state index in [1.54, 1.807) is 43.5 Å². The number of rotatable bonds is 6. The Morgan fingerprint density at radius 1 is 1.22 bits per heavy atom. The SMILES string of the molecule is CCOc1cc(C=NNC(=O)c2ccc(Cl)cc2)ccc1OC. The Labute approximate surface area is 139 Å². The second-order valence-corrected chi connectivity index (χ2v) is 4.99. The Balaban J connectivity index is 2.03. The Morgan fingerprint density at radius 3 is 2.61 bits per heavy atom. The highest BCUT2D eigenvalue weighted by Crippen LogP contribution is 2.27. The third kappa shape index (κ3) is 4.72. The van der Waals surface area contributed by atoms with E-state index in [4.69, 9.17) is 21.1 Å². The van der Waals surface area contributed by atoms with Crippen LogP contribution in [0.3, 0.4) is 0 Å². The number of amides is 1. The number of hydrazone groups is 1. The zero-order valence-electron chi connectivity index (χ0n) is 12.9. The van der Waals surface area contributed by atoms with Gasteiger partial charge in [-0.1, -0.05) is 11.6 Å². The van der Waals surface area contributed by atoms with Crippen LogP contribution in [0.2, 0.25) is 5.02 Å². The number of ether oxygens (including phenoxy) is 2. The van der Waals surface area contributed by atoms with Crippen molar-refractivity contribution in [2.45, 2.75) is 6.92 Å². The standard InChI is InChI=1S/C17H17ClN2O3/c1-3-23-16-10-12(4-9-15(16)22-2)11-19-20-17(21)13-5-7-14(18)8-6-13/h4-11H,3H2,1-2H3,(H,20,21). The maximum absolute atomic E-state index is 11.9. The predicted octanol–water partition coefficient (Wildman–Crippen LogP) is 3.51. The molecule has 23 heavy (non-hydrogen) atoms. The van der Waals surface area contributed by atoms with Crippen LogP contribution in [0.1, 0.15) is 22.8 Å². The van der Waals surface area contributed by atoms with Gasteiger partial charge in [0.1, 0.15) is 0 Å². The quantitative estimate of drug-likeness (QED) is 0.650. The molecule has 6 heteroatoms. The number of nitrogens with zero attached hydrogens (tertiary/aromatic N) is 1. The first-order valence-corrected chi connectivity index (χ1v) is 7.41. The van der Waals surface area contributed by atoms with Crippen LogP contribution in [0.5, 0.6) is 11.5 Å². The summed E-state index contributed by atoms with van der Waals surface area (Å²) in [5.41, 5.74) is 3.73. The minimum Gasteiger partial charge on any atom is -0.493 e. The van der Waals surface area contributed by atoms with Crippen LogP contribution in [0.25, 0.3) is 0 Å². The second kappa shape index (κ2) is 8.19. The zero-order chi connectivity index (χ0) is 16.7. The Kier molecular flexibility index (Phi) is 6.00. The van der Waals surface area contributed by atoms with Gasteiger partial charge in [0.05, 0.1) is 19.9 Å². The summed E-state index contributed by atoms with van der Waals surface area (Å²) < 4.78 is 10.7. The molecule has 0 bridgehead atoms. The van der Waals surface area contributed by atoms with Crippen LogP contribution in [0.4, 0.5) is 0 Å². The van der Waals surface area contributed by atoms with E-state index >= 15 is 0 Å². The van der Waals surface area contributed by atoms with Crippen molar-refractivity contribution in [3.8, 4) is 11.5 Å². The third-order valence-corrected chi connectivity index (χ3v) is 3.23. The number of benzene rings is 2. The molecule has 0 aliphatic carbocycles. The average molecular weight is 333 g/mol. The molecule has 0 atom stereocenters. The van der Waals surface area contributed by atoms with Crippen molar-refractivity contribution >= 4 is 23.7 Å². The highest BCUT2D eigenvalue weighted by atomic mass is 35.5. The van der Waals surface area contributed by atoms with Gasteiger partial charge in [-0.15, -0.1) is 0 Å². The lowest BCUT2D eigenvalue weighted by Gasteiger charge is -2.09. The predicted molar refractivity (Wildman–Crippen MR) is 90.7 cm³/mol. The maximum atomic E-state index is 11.9. The van der Waals surface area contributed by atoms with Gasteiger partial charge in [-0.2, -0.15) is 5.10 Å². The van der Waals surface area contributed by atoms with Crippen LogP contribution < -0.4 is 14.9 Å². The van der Waals surface area contributed by atoms with E-state index in [2.05, 4.69) is 10.5 Å². The van der Waals surface area contributed by atoms with Crippen LogP contribution >= 0.6 is 11.6 Å². The number of hydrogen-bond acceptors (Lipinski definition) is 4. The molecule has 0 radical (unpaired) electrons. The summed E-state index contributed by atoms with van der Waals surface area (Å²) in [4.78, 5) is 11.9. The molecule has 0 aliphatic heterocycles. The maximum Gasteiger partial charge on any atom is 0.271 e. The molecule has 1 amide bonds. The molecule has 0 spiro atoms. The summed E-state index contributed by atoms with van der Waals surface area (Å²) in [5, 5.41) is 4.52. The number of hydrogen-bond donors (Lipinski definition) is 1. The largest absolute Gasteiger partial charge is 0.493 e. The van der Waals surface area contributed by atoms with E-state index in [9.17, 15) is 4.79 Å². The zero-order valence-corrected chi connectivity index (χ0v) is 13.6. The molecule has 0 unspecified atom stereocenters. The van der Waals surface area contributed by atoms with Gasteiger partial charge in [-0.25, -0.2) is 5.43 Å². The van der Waals surface area contributed by atoms with Crippen LogP contribution in [-0.2, 0) is 0 Å². The van der Waals surface area contributed by atoms with E-state index < -0.39 is 0 Å². The first-order chi connectivity index (χ1) is 11.1. The molecule has 0 fully saturated rings. The fourth-order valence-corrected chi connectivity index (χ4v) is 2.00. The van der Waals surface area contributed by atoms with E-state index in [1.165, 1.54) is 6.21 Å². The molecule has 0 saturated heterocycles. The van der Waals surface area contributed by atoms with Crippen LogP contribution in [-0.4, -0.2) is 25.8 Å². The number of carbonyl (C=O) groups excluding carboxylic acids is 1. The van der Waals surface area contributed by atoms with Gasteiger partial charge in [0, 0.05) is 10.6 Å². The lowest BCUT2D eigenvalue weighted by atomic mass is 10.2. The lowest BCUT2D eigenvalue weighted by molar-refractivity contribution is 0.0955. The summed E-state index contributed by atoms with van der Waals surface area (Å²) in [6.07, 6.45) is 1.54. The molecule has 5 nitrogen and oxygen atoms in total. The van der Waals surface area contributed by atoms with Crippen molar-refractivity contribution in [2.24, 2.45) is 5.10 Å². The number of nitrogens with one attached hydrogen (secondary N) is 1. The van der Waals surface area contributed by atoms with Gasteiger partial charge >= 0.3 is 0 Å². The normalized spacial score (nSPS) is 10.6. The molecule has 1 N–H and O–H groups in total. The van der Waals surface area contributed by atoms with Crippen molar-refractivity contribution in [3.63, 3.8) is 0 Å². The van der Waals surface area contributed by atoms with E-state index in [-0.39, 0.29) is 5.91 Å². The summed E-state index contributed by atoms with van der Waals surface area (Å²) in [6, 6.07) is 12.0. The fourth-order valence-electron chi connectivity index (χ4n) is 1.87. The van der Waals surface area contributed by atoms with Gasteiger partial charge in [0.15, 0.2) is 11.5 Å². The summed E-state index contributed by atoms with van der Waals surface area (Å²) in [6.45, 7) is 2.43. The number of methoxy groups -OCH3 is 1. The highest BCUT2D eigenvalue weighted by Gasteiger charge is 2.05. The summed E-state index contributed by atoms with van der Waals surface area (Å²) >= 11 is 5.78. The average Bonchev–Trinajstić information content (AvgIpc) is 2.56. The fraction of sp³-hybridized carbons (Fsp3) is 0.176. The Hall–Kier alpha value is -2.53. The second-order valence-electron chi connectivity index (χ2n) is 4.55. The smallest absolute Gasteiger partial charge is 0.271 e. The summed E-state index contributed by atoms with van der Waals surface area (Å²) in [7, 11) is 1.58. The van der Waals surface area contributed by atoms with Crippen molar-refractivity contribution in [1.29, 1.82) is 0 Å². The molecule has 2 aromatic rings. The Morgan fingerprint density at radius 2 is 1.96 bits per heavy atom. The molecular weight excluding hydrogens is 316 g/mol. The molecular formula is C17H17ClN2O3. The third-order valence-electron chi connectivity index (χ3n) is 2.97. The van der Waals surface area contributed by atoms with Gasteiger partial charge in [0.25, 0.3) is 5.91 Å². The number of halogens is 1. The molecule has 0 heterocycles. The molecule has 0 aromatic heterocycles. The van der Waals surface area contributed by atoms with Crippen LogP contribution in [0.15, 0.2) is 47.6 Å². The van der Waals surface area contributed by atoms with Crippen molar-refractivity contribution in [1.82, 2.24) is 5.43 Å². The molecule has 0 aliphatic rings. The van der Waals surface area contributed by atoms with E-state index in [0.29, 0.717) is 28.7 Å². The van der Waals surface area contributed by atoms with Gasteiger partial charge in [-0.05, 0) is 55.0 Å². The van der Waals surface area contributed by atoms with Gasteiger partial charge in [0.2, 0.25) is 0 Å². The molecule has 0 saturated carbocycles. The van der Waals surface area contributed by atoms with E-state index in [0.717, 1.165) is 5.56 Å². The van der Waals surface area contributed by atoms with Crippen molar-refractivity contribution in [2.75, 3.05) is 13.7 Å². The first kappa shape index (κ1) is 16.8. The summed E-state index contributed by atoms with van der Waals surface area (Å²) in [5.74, 6) is 0.966. The highest BCUT2D eigenvalue weighted by molar-refractivity contribution is 6.30.